The van der Waals surface area contributed by atoms with Crippen LogP contribution in [-0.2, 0) is 17.8 Å². The van der Waals surface area contributed by atoms with Gasteiger partial charge in [-0.3, -0.25) is 4.79 Å². The van der Waals surface area contributed by atoms with Gasteiger partial charge in [-0.2, -0.15) is 0 Å². The van der Waals surface area contributed by atoms with Crippen LogP contribution in [0.25, 0.3) is 11.0 Å². The summed E-state index contributed by atoms with van der Waals surface area (Å²) in [5.74, 6) is 0.911. The fraction of sp³-hybridized carbons (Fsp3) is 0.375. The number of aliphatic hydroxyl groups excluding tert-OH is 1. The first kappa shape index (κ1) is 15.3. The van der Waals surface area contributed by atoms with Gasteiger partial charge in [-0.25, -0.2) is 4.98 Å². The summed E-state index contributed by atoms with van der Waals surface area (Å²) in [4.78, 5) is 16.1. The van der Waals surface area contributed by atoms with Crippen LogP contribution in [0.2, 0.25) is 0 Å². The summed E-state index contributed by atoms with van der Waals surface area (Å²) in [6.45, 7) is 5.08. The number of fused-ring (bicyclic) bond motifs is 1. The minimum atomic E-state index is -0.0320. The Kier molecular flexibility index (Phi) is 5.51. The molecule has 0 aliphatic carbocycles. The molecule has 5 nitrogen and oxygen atoms in total. The minimum Gasteiger partial charge on any atom is -0.396 e. The zero-order valence-corrected chi connectivity index (χ0v) is 12.1. The number of amides is 1. The van der Waals surface area contributed by atoms with Crippen molar-refractivity contribution < 1.29 is 9.90 Å². The number of benzene rings is 1. The molecule has 0 radical (unpaired) electrons. The molecule has 112 valence electrons. The van der Waals surface area contributed by atoms with Gasteiger partial charge >= 0.3 is 0 Å². The second-order valence-corrected chi connectivity index (χ2v) is 4.84. The lowest BCUT2D eigenvalue weighted by molar-refractivity contribution is -0.121. The molecule has 1 amide bonds. The standard InChI is InChI=1S/C16H21N3O2/c1-2-11-19-14-7-4-3-6-13(14)18-15(19)9-10-17-16(21)8-5-12-20/h2-4,6-7,20H,1,5,8-12H2,(H,17,21). The zero-order valence-electron chi connectivity index (χ0n) is 12.1. The number of hydrogen-bond donors (Lipinski definition) is 2. The van der Waals surface area contributed by atoms with Crippen molar-refractivity contribution in [2.24, 2.45) is 0 Å². The maximum Gasteiger partial charge on any atom is 0.220 e. The molecule has 1 aromatic carbocycles. The second kappa shape index (κ2) is 7.59. The number of allylic oxidation sites excluding steroid dienone is 1. The molecule has 2 aromatic rings. The molecule has 0 atom stereocenters. The molecule has 0 aliphatic heterocycles. The van der Waals surface area contributed by atoms with Crippen molar-refractivity contribution in [1.29, 1.82) is 0 Å². The van der Waals surface area contributed by atoms with Gasteiger partial charge in [0.05, 0.1) is 11.0 Å². The summed E-state index contributed by atoms with van der Waals surface area (Å²) in [6, 6.07) is 7.98. The highest BCUT2D eigenvalue weighted by Gasteiger charge is 2.09. The van der Waals surface area contributed by atoms with Crippen LogP contribution < -0.4 is 5.32 Å². The Morgan fingerprint density at radius 1 is 1.43 bits per heavy atom. The largest absolute Gasteiger partial charge is 0.396 e. The Morgan fingerprint density at radius 3 is 3.00 bits per heavy atom. The van der Waals surface area contributed by atoms with Crippen molar-refractivity contribution in [3.05, 3.63) is 42.7 Å². The van der Waals surface area contributed by atoms with E-state index in [0.717, 1.165) is 16.9 Å². The lowest BCUT2D eigenvalue weighted by Gasteiger charge is -2.07. The highest BCUT2D eigenvalue weighted by Crippen LogP contribution is 2.16. The maximum absolute atomic E-state index is 11.5. The molecule has 5 heteroatoms. The number of imidazole rings is 1. The smallest absolute Gasteiger partial charge is 0.220 e. The molecule has 0 fully saturated rings. The molecule has 21 heavy (non-hydrogen) atoms. The van der Waals surface area contributed by atoms with Gasteiger partial charge in [-0.15, -0.1) is 6.58 Å². The van der Waals surface area contributed by atoms with Gasteiger partial charge < -0.3 is 15.0 Å². The second-order valence-electron chi connectivity index (χ2n) is 4.84. The van der Waals surface area contributed by atoms with Crippen molar-refractivity contribution in [3.8, 4) is 0 Å². The zero-order chi connectivity index (χ0) is 15.1. The molecule has 0 saturated carbocycles. The number of rotatable bonds is 8. The number of nitrogens with zero attached hydrogens (tertiary/aromatic N) is 2. The third-order valence-corrected chi connectivity index (χ3v) is 3.28. The first-order valence-electron chi connectivity index (χ1n) is 7.19. The van der Waals surface area contributed by atoms with Crippen molar-refractivity contribution in [2.45, 2.75) is 25.8 Å². The molecular weight excluding hydrogens is 266 g/mol. The van der Waals surface area contributed by atoms with Gasteiger partial charge in [0.2, 0.25) is 5.91 Å². The number of aliphatic hydroxyl groups is 1. The molecule has 0 spiro atoms. The van der Waals surface area contributed by atoms with E-state index in [1.807, 2.05) is 30.3 Å². The van der Waals surface area contributed by atoms with Crippen molar-refractivity contribution in [1.82, 2.24) is 14.9 Å². The molecule has 1 aromatic heterocycles. The number of para-hydroxylation sites is 2. The third-order valence-electron chi connectivity index (χ3n) is 3.28. The Hall–Kier alpha value is -2.14. The van der Waals surface area contributed by atoms with E-state index in [9.17, 15) is 4.79 Å². The van der Waals surface area contributed by atoms with Gasteiger partial charge in [-0.1, -0.05) is 18.2 Å². The number of nitrogens with one attached hydrogen (secondary N) is 1. The minimum absolute atomic E-state index is 0.0320. The Bertz CT molecular complexity index is 619. The van der Waals surface area contributed by atoms with E-state index in [1.165, 1.54) is 0 Å². The summed E-state index contributed by atoms with van der Waals surface area (Å²) in [5.41, 5.74) is 2.04. The molecule has 2 N–H and O–H groups in total. The fourth-order valence-electron chi connectivity index (χ4n) is 2.29. The fourth-order valence-corrected chi connectivity index (χ4v) is 2.29. The van der Waals surface area contributed by atoms with Gasteiger partial charge in [0.15, 0.2) is 0 Å². The lowest BCUT2D eigenvalue weighted by atomic mass is 10.3. The number of carbonyl (C=O) groups is 1. The van der Waals surface area contributed by atoms with E-state index in [1.54, 1.807) is 0 Å². The highest BCUT2D eigenvalue weighted by atomic mass is 16.3. The van der Waals surface area contributed by atoms with Crippen LogP contribution >= 0.6 is 0 Å². The van der Waals surface area contributed by atoms with Crippen LogP contribution in [-0.4, -0.2) is 33.7 Å². The average Bonchev–Trinajstić information content (AvgIpc) is 2.84. The predicted molar refractivity (Wildman–Crippen MR) is 83.0 cm³/mol. The Balaban J connectivity index is 2.02. The normalized spacial score (nSPS) is 10.7. The molecule has 0 unspecified atom stereocenters. The maximum atomic E-state index is 11.5. The van der Waals surface area contributed by atoms with E-state index in [0.29, 0.717) is 32.4 Å². The first-order chi connectivity index (χ1) is 10.3. The number of carbonyl (C=O) groups excluding carboxylic acids is 1. The lowest BCUT2D eigenvalue weighted by Crippen LogP contribution is -2.26. The van der Waals surface area contributed by atoms with Crippen molar-refractivity contribution in [3.63, 3.8) is 0 Å². The van der Waals surface area contributed by atoms with Gasteiger partial charge in [0.1, 0.15) is 5.82 Å². The molecule has 0 saturated heterocycles. The molecule has 0 bridgehead atoms. The predicted octanol–water partition coefficient (Wildman–Crippen LogP) is 1.65. The Morgan fingerprint density at radius 2 is 2.24 bits per heavy atom. The number of aromatic nitrogens is 2. The highest BCUT2D eigenvalue weighted by molar-refractivity contribution is 5.76. The third kappa shape index (κ3) is 3.92. The molecule has 2 rings (SSSR count). The number of hydrogen-bond acceptors (Lipinski definition) is 3. The topological polar surface area (TPSA) is 67.2 Å². The van der Waals surface area contributed by atoms with E-state index >= 15 is 0 Å². The summed E-state index contributed by atoms with van der Waals surface area (Å²) < 4.78 is 2.11. The monoisotopic (exact) mass is 287 g/mol. The van der Waals surface area contributed by atoms with Crippen LogP contribution in [0, 0.1) is 0 Å². The Labute approximate surface area is 124 Å². The van der Waals surface area contributed by atoms with Crippen LogP contribution in [0.3, 0.4) is 0 Å². The SMILES string of the molecule is C=CCn1c(CCNC(=O)CCCO)nc2ccccc21. The van der Waals surface area contributed by atoms with Gasteiger partial charge in [0, 0.05) is 32.5 Å². The van der Waals surface area contributed by atoms with Crippen LogP contribution in [0.15, 0.2) is 36.9 Å². The molecule has 0 aliphatic rings. The quantitative estimate of drug-likeness (QED) is 0.726. The van der Waals surface area contributed by atoms with Crippen molar-refractivity contribution in [2.75, 3.05) is 13.2 Å². The van der Waals surface area contributed by atoms with Crippen LogP contribution in [0.4, 0.5) is 0 Å². The van der Waals surface area contributed by atoms with Crippen LogP contribution in [0.1, 0.15) is 18.7 Å². The molecule has 1 heterocycles. The van der Waals surface area contributed by atoms with E-state index in [-0.39, 0.29) is 12.5 Å². The van der Waals surface area contributed by atoms with Crippen LogP contribution in [0.5, 0.6) is 0 Å². The van der Waals surface area contributed by atoms with Crippen molar-refractivity contribution >= 4 is 16.9 Å². The summed E-state index contributed by atoms with van der Waals surface area (Å²) in [6.07, 6.45) is 3.38. The summed E-state index contributed by atoms with van der Waals surface area (Å²) in [5, 5.41) is 11.5. The average molecular weight is 287 g/mol. The van der Waals surface area contributed by atoms with Gasteiger partial charge in [0.25, 0.3) is 0 Å². The van der Waals surface area contributed by atoms with Gasteiger partial charge in [-0.05, 0) is 18.6 Å². The first-order valence-corrected chi connectivity index (χ1v) is 7.19. The summed E-state index contributed by atoms with van der Waals surface area (Å²) in [7, 11) is 0. The van der Waals surface area contributed by atoms with E-state index in [4.69, 9.17) is 5.11 Å². The summed E-state index contributed by atoms with van der Waals surface area (Å²) >= 11 is 0. The van der Waals surface area contributed by atoms with E-state index < -0.39 is 0 Å². The van der Waals surface area contributed by atoms with E-state index in [2.05, 4.69) is 21.4 Å². The molecular formula is C16H21N3O2.